The van der Waals surface area contributed by atoms with E-state index in [1.165, 1.54) is 0 Å². The van der Waals surface area contributed by atoms with Gasteiger partial charge in [-0.25, -0.2) is 5.10 Å². The van der Waals surface area contributed by atoms with Crippen LogP contribution in [0.3, 0.4) is 0 Å². The predicted octanol–water partition coefficient (Wildman–Crippen LogP) is 3.71. The van der Waals surface area contributed by atoms with Crippen molar-refractivity contribution in [2.24, 2.45) is 0 Å². The molecule has 0 radical (unpaired) electrons. The van der Waals surface area contributed by atoms with Crippen molar-refractivity contribution in [3.05, 3.63) is 86.8 Å². The average Bonchev–Trinajstić information content (AvgIpc) is 2.73. The topological polar surface area (TPSA) is 88.0 Å². The summed E-state index contributed by atoms with van der Waals surface area (Å²) in [5.74, 6) is 1.26. The zero-order chi connectivity index (χ0) is 19.9. The van der Waals surface area contributed by atoms with Crippen molar-refractivity contribution in [1.82, 2.24) is 10.2 Å². The second-order valence-electron chi connectivity index (χ2n) is 6.07. The highest BCUT2D eigenvalue weighted by Gasteiger charge is 2.08. The Morgan fingerprint density at radius 1 is 1.14 bits per heavy atom. The molecule has 3 rings (SSSR count). The third-order valence-corrected chi connectivity index (χ3v) is 4.23. The van der Waals surface area contributed by atoms with Gasteiger partial charge in [-0.15, -0.1) is 0 Å². The number of ether oxygens (including phenoxy) is 2. The van der Waals surface area contributed by atoms with E-state index in [0.717, 1.165) is 11.1 Å². The molecular weight excluding hydrogens is 354 g/mol. The van der Waals surface area contributed by atoms with Gasteiger partial charge in [0, 0.05) is 0 Å². The Hall–Kier alpha value is -3.85. The summed E-state index contributed by atoms with van der Waals surface area (Å²) in [6.07, 6.45) is 3.58. The predicted molar refractivity (Wildman–Crippen MR) is 107 cm³/mol. The Morgan fingerprint density at radius 2 is 1.93 bits per heavy atom. The van der Waals surface area contributed by atoms with Gasteiger partial charge in [0.15, 0.2) is 11.5 Å². The summed E-state index contributed by atoms with van der Waals surface area (Å²) < 4.78 is 11.3. The monoisotopic (exact) mass is 373 g/mol. The van der Waals surface area contributed by atoms with Gasteiger partial charge in [-0.3, -0.25) is 4.79 Å². The molecule has 6 heteroatoms. The molecule has 140 valence electrons. The number of H-pyrrole nitrogens is 1. The van der Waals surface area contributed by atoms with E-state index in [2.05, 4.69) is 10.2 Å². The largest absolute Gasteiger partial charge is 0.493 e. The van der Waals surface area contributed by atoms with Gasteiger partial charge in [0.2, 0.25) is 0 Å². The molecule has 0 aliphatic heterocycles. The van der Waals surface area contributed by atoms with Crippen LogP contribution in [0.1, 0.15) is 27.9 Å². The quantitative estimate of drug-likeness (QED) is 0.712. The Morgan fingerprint density at radius 3 is 2.64 bits per heavy atom. The SMILES string of the molecule is COc1ccc(/C=C/c2n[nH]c(=O)c(C#N)c2C)cc1OCc1ccccc1. The van der Waals surface area contributed by atoms with Gasteiger partial charge in [0.1, 0.15) is 18.2 Å². The highest BCUT2D eigenvalue weighted by atomic mass is 16.5. The summed E-state index contributed by atoms with van der Waals surface area (Å²) in [6, 6.07) is 17.4. The van der Waals surface area contributed by atoms with Gasteiger partial charge in [-0.2, -0.15) is 10.4 Å². The molecule has 0 aliphatic carbocycles. The number of nitrogens with one attached hydrogen (secondary N) is 1. The van der Waals surface area contributed by atoms with E-state index in [4.69, 9.17) is 14.7 Å². The van der Waals surface area contributed by atoms with Crippen molar-refractivity contribution in [3.8, 4) is 17.6 Å². The van der Waals surface area contributed by atoms with Crippen LogP contribution in [0, 0.1) is 18.3 Å². The fraction of sp³-hybridized carbons (Fsp3) is 0.136. The van der Waals surface area contributed by atoms with Gasteiger partial charge in [0.05, 0.1) is 12.8 Å². The van der Waals surface area contributed by atoms with E-state index < -0.39 is 5.56 Å². The number of aromatic nitrogens is 2. The minimum atomic E-state index is -0.488. The van der Waals surface area contributed by atoms with Crippen LogP contribution in [0.2, 0.25) is 0 Å². The molecule has 0 bridgehead atoms. The first-order valence-electron chi connectivity index (χ1n) is 8.64. The van der Waals surface area contributed by atoms with Crippen LogP contribution in [0.4, 0.5) is 0 Å². The average molecular weight is 373 g/mol. The van der Waals surface area contributed by atoms with E-state index in [1.807, 2.05) is 60.7 Å². The minimum Gasteiger partial charge on any atom is -0.493 e. The van der Waals surface area contributed by atoms with Gasteiger partial charge in [-0.05, 0) is 41.8 Å². The molecule has 1 N–H and O–H groups in total. The van der Waals surface area contributed by atoms with Crippen LogP contribution in [0.5, 0.6) is 11.5 Å². The van der Waals surface area contributed by atoms with Crippen molar-refractivity contribution in [2.75, 3.05) is 7.11 Å². The van der Waals surface area contributed by atoms with Crippen molar-refractivity contribution >= 4 is 12.2 Å². The van der Waals surface area contributed by atoms with E-state index in [1.54, 1.807) is 20.1 Å². The first kappa shape index (κ1) is 18.9. The van der Waals surface area contributed by atoms with Gasteiger partial charge >= 0.3 is 0 Å². The van der Waals surface area contributed by atoms with Crippen molar-refractivity contribution in [1.29, 1.82) is 5.26 Å². The molecule has 0 spiro atoms. The van der Waals surface area contributed by atoms with Crippen LogP contribution in [-0.4, -0.2) is 17.3 Å². The smallest absolute Gasteiger partial charge is 0.282 e. The zero-order valence-corrected chi connectivity index (χ0v) is 15.6. The third kappa shape index (κ3) is 4.27. The fourth-order valence-electron chi connectivity index (χ4n) is 2.67. The molecule has 0 saturated carbocycles. The zero-order valence-electron chi connectivity index (χ0n) is 15.6. The van der Waals surface area contributed by atoms with Crippen LogP contribution in [0.15, 0.2) is 53.3 Å². The lowest BCUT2D eigenvalue weighted by atomic mass is 10.1. The lowest BCUT2D eigenvalue weighted by molar-refractivity contribution is 0.284. The van der Waals surface area contributed by atoms with Crippen molar-refractivity contribution in [3.63, 3.8) is 0 Å². The van der Waals surface area contributed by atoms with E-state index in [-0.39, 0.29) is 5.56 Å². The number of hydrogen-bond donors (Lipinski definition) is 1. The normalized spacial score (nSPS) is 10.6. The van der Waals surface area contributed by atoms with Gasteiger partial charge < -0.3 is 9.47 Å². The molecule has 0 unspecified atom stereocenters. The molecule has 28 heavy (non-hydrogen) atoms. The number of methoxy groups -OCH3 is 1. The standard InChI is InChI=1S/C22H19N3O3/c1-15-18(13-23)22(26)25-24-19(15)10-8-16-9-11-20(27-2)21(12-16)28-14-17-6-4-3-5-7-17/h3-12H,14H2,1-2H3,(H,25,26)/b10-8+. The lowest BCUT2D eigenvalue weighted by Gasteiger charge is -2.11. The van der Waals surface area contributed by atoms with Gasteiger partial charge in [0.25, 0.3) is 5.56 Å². The van der Waals surface area contributed by atoms with Crippen molar-refractivity contribution in [2.45, 2.75) is 13.5 Å². The highest BCUT2D eigenvalue weighted by Crippen LogP contribution is 2.29. The summed E-state index contributed by atoms with van der Waals surface area (Å²) in [7, 11) is 1.59. The summed E-state index contributed by atoms with van der Waals surface area (Å²) >= 11 is 0. The first-order chi connectivity index (χ1) is 13.6. The third-order valence-electron chi connectivity index (χ3n) is 4.23. The van der Waals surface area contributed by atoms with Gasteiger partial charge in [-0.1, -0.05) is 42.5 Å². The Labute approximate surface area is 162 Å². The van der Waals surface area contributed by atoms with Crippen LogP contribution in [-0.2, 0) is 6.61 Å². The first-order valence-corrected chi connectivity index (χ1v) is 8.64. The molecule has 1 aromatic heterocycles. The molecule has 0 aliphatic rings. The lowest BCUT2D eigenvalue weighted by Crippen LogP contribution is -2.15. The van der Waals surface area contributed by atoms with E-state index in [9.17, 15) is 4.79 Å². The summed E-state index contributed by atoms with van der Waals surface area (Å²) in [5, 5.41) is 15.4. The summed E-state index contributed by atoms with van der Waals surface area (Å²) in [5.41, 5.74) is 2.57. The molecule has 6 nitrogen and oxygen atoms in total. The molecule has 0 fully saturated rings. The van der Waals surface area contributed by atoms with Crippen molar-refractivity contribution < 1.29 is 9.47 Å². The Balaban J connectivity index is 1.84. The molecule has 2 aromatic carbocycles. The number of nitrogens with zero attached hydrogens (tertiary/aromatic N) is 2. The number of benzene rings is 2. The number of nitriles is 1. The molecule has 0 atom stereocenters. The maximum Gasteiger partial charge on any atom is 0.282 e. The maximum absolute atomic E-state index is 11.6. The summed E-state index contributed by atoms with van der Waals surface area (Å²) in [4.78, 5) is 11.6. The van der Waals surface area contributed by atoms with E-state index >= 15 is 0 Å². The van der Waals surface area contributed by atoms with Crippen LogP contribution < -0.4 is 15.0 Å². The van der Waals surface area contributed by atoms with E-state index in [0.29, 0.717) is 29.4 Å². The number of rotatable bonds is 6. The molecule has 1 heterocycles. The van der Waals surface area contributed by atoms with Crippen LogP contribution in [0.25, 0.3) is 12.2 Å². The minimum absolute atomic E-state index is 0.0660. The Kier molecular flexibility index (Phi) is 5.87. The summed E-state index contributed by atoms with van der Waals surface area (Å²) in [6.45, 7) is 2.12. The second kappa shape index (κ2) is 8.69. The second-order valence-corrected chi connectivity index (χ2v) is 6.07. The molecule has 0 saturated heterocycles. The molecule has 3 aromatic rings. The number of hydrogen-bond acceptors (Lipinski definition) is 5. The molecular formula is C22H19N3O3. The Bertz CT molecular complexity index is 1100. The van der Waals surface area contributed by atoms with Crippen LogP contribution >= 0.6 is 0 Å². The highest BCUT2D eigenvalue weighted by molar-refractivity contribution is 5.71. The fourth-order valence-corrected chi connectivity index (χ4v) is 2.67. The molecule has 0 amide bonds. The maximum atomic E-state index is 11.6. The number of aromatic amines is 1.